The summed E-state index contributed by atoms with van der Waals surface area (Å²) >= 11 is 5.02. The van der Waals surface area contributed by atoms with Crippen molar-refractivity contribution in [3.8, 4) is 11.5 Å². The smallest absolute Gasteiger partial charge is 0.294 e. The molecule has 3 N–H and O–H groups in total. The van der Waals surface area contributed by atoms with Gasteiger partial charge in [0, 0.05) is 28.9 Å². The van der Waals surface area contributed by atoms with E-state index in [0.29, 0.717) is 59.2 Å². The van der Waals surface area contributed by atoms with Gasteiger partial charge in [-0.3, -0.25) is 4.79 Å². The molecule has 190 valence electrons. The highest BCUT2D eigenvalue weighted by Crippen LogP contribution is 2.50. The van der Waals surface area contributed by atoms with Crippen LogP contribution >= 0.6 is 27.7 Å². The Hall–Kier alpha value is -2.67. The Balaban J connectivity index is 1.12. The molecule has 1 aliphatic carbocycles. The van der Waals surface area contributed by atoms with Gasteiger partial charge in [-0.1, -0.05) is 9.97 Å². The number of piperidine rings is 1. The molecule has 2 aliphatic heterocycles. The number of aromatic amines is 1. The maximum absolute atomic E-state index is 13.3. The standard InChI is InChI=1S/C23H23BrF2N6O3S/c24-14-7-15-16(35-11-34-15)8-17(14)36-22-29-18-19(27)28-10-32(20(18)30-22)6-3-12-1-4-31(5-2-12)21(33)13-9-23(13,25)26/h7-8,10,12-13H,1-6,9,11H2,(H2,27,29,30)/p+1. The number of likely N-dealkylation sites (tertiary alicyclic amines) is 1. The number of H-pyrrole nitrogens is 1. The molecule has 1 amide bonds. The predicted molar refractivity (Wildman–Crippen MR) is 130 cm³/mol. The average molecular weight is 582 g/mol. The van der Waals surface area contributed by atoms with Crippen molar-refractivity contribution in [3.63, 3.8) is 0 Å². The van der Waals surface area contributed by atoms with Crippen molar-refractivity contribution >= 4 is 50.6 Å². The molecule has 1 aromatic carbocycles. The van der Waals surface area contributed by atoms with E-state index in [1.165, 1.54) is 11.8 Å². The van der Waals surface area contributed by atoms with E-state index in [1.807, 2.05) is 16.7 Å². The highest BCUT2D eigenvalue weighted by Gasteiger charge is 2.62. The minimum absolute atomic E-state index is 0.203. The topological polar surface area (TPSA) is 110 Å². The van der Waals surface area contributed by atoms with Gasteiger partial charge in [0.1, 0.15) is 5.92 Å². The van der Waals surface area contributed by atoms with Gasteiger partial charge in [-0.15, -0.1) is 0 Å². The molecular formula is C23H24BrF2N6O3S+. The number of anilines is 1. The highest BCUT2D eigenvalue weighted by molar-refractivity contribution is 9.10. The molecule has 4 heterocycles. The zero-order valence-electron chi connectivity index (χ0n) is 19.2. The van der Waals surface area contributed by atoms with Crippen LogP contribution in [0.5, 0.6) is 11.5 Å². The molecular weight excluding hydrogens is 558 g/mol. The number of benzene rings is 1. The number of ether oxygens (including phenoxy) is 2. The fraction of sp³-hybridized carbons (Fsp3) is 0.478. The number of hydrogen-bond donors (Lipinski definition) is 2. The van der Waals surface area contributed by atoms with Crippen LogP contribution in [-0.4, -0.2) is 51.6 Å². The predicted octanol–water partition coefficient (Wildman–Crippen LogP) is 3.75. The normalized spacial score (nSPS) is 20.8. The van der Waals surface area contributed by atoms with Crippen molar-refractivity contribution in [2.75, 3.05) is 25.6 Å². The number of carbonyl (C=O) groups excluding carboxylic acids is 1. The number of nitrogens with zero attached hydrogens (tertiary/aromatic N) is 4. The summed E-state index contributed by atoms with van der Waals surface area (Å²) in [7, 11) is 0. The van der Waals surface area contributed by atoms with Gasteiger partial charge in [0.15, 0.2) is 17.0 Å². The van der Waals surface area contributed by atoms with Gasteiger partial charge in [-0.2, -0.15) is 0 Å². The number of hydrogen-bond acceptors (Lipinski definition) is 7. The van der Waals surface area contributed by atoms with Crippen LogP contribution in [-0.2, 0) is 11.3 Å². The molecule has 2 fully saturated rings. The third-order valence-electron chi connectivity index (χ3n) is 6.99. The minimum atomic E-state index is -2.81. The number of carbonyl (C=O) groups is 1. The summed E-state index contributed by atoms with van der Waals surface area (Å²) in [4.78, 5) is 27.1. The number of aryl methyl sites for hydroxylation is 1. The Morgan fingerprint density at radius 2 is 2.03 bits per heavy atom. The summed E-state index contributed by atoms with van der Waals surface area (Å²) in [6, 6.07) is 3.78. The first-order valence-electron chi connectivity index (χ1n) is 11.8. The number of nitrogens with two attached hydrogens (primary N) is 1. The lowest BCUT2D eigenvalue weighted by Gasteiger charge is -2.32. The minimum Gasteiger partial charge on any atom is -0.454 e. The van der Waals surface area contributed by atoms with Crippen molar-refractivity contribution < 1.29 is 27.6 Å². The lowest BCUT2D eigenvalue weighted by Crippen LogP contribution is -2.42. The molecule has 9 nitrogen and oxygen atoms in total. The highest BCUT2D eigenvalue weighted by atomic mass is 79.9. The van der Waals surface area contributed by atoms with Crippen LogP contribution in [0.15, 0.2) is 33.0 Å². The van der Waals surface area contributed by atoms with E-state index in [-0.39, 0.29) is 13.2 Å². The molecule has 13 heteroatoms. The van der Waals surface area contributed by atoms with Crippen molar-refractivity contribution in [1.29, 1.82) is 0 Å². The number of alkyl halides is 2. The zero-order chi connectivity index (χ0) is 25.0. The van der Waals surface area contributed by atoms with Crippen LogP contribution in [0, 0.1) is 11.8 Å². The molecule has 0 bridgehead atoms. The first kappa shape index (κ1) is 23.7. The Bertz CT molecular complexity index is 1350. The first-order valence-corrected chi connectivity index (χ1v) is 13.4. The molecule has 1 atom stereocenters. The second-order valence-electron chi connectivity index (χ2n) is 9.38. The molecule has 0 radical (unpaired) electrons. The van der Waals surface area contributed by atoms with Crippen LogP contribution in [0.1, 0.15) is 25.7 Å². The quantitative estimate of drug-likeness (QED) is 0.426. The fourth-order valence-corrected chi connectivity index (χ4v) is 6.12. The van der Waals surface area contributed by atoms with Crippen LogP contribution in [0.4, 0.5) is 14.6 Å². The van der Waals surface area contributed by atoms with E-state index in [9.17, 15) is 13.6 Å². The Kier molecular flexibility index (Phi) is 5.94. The maximum Gasteiger partial charge on any atom is 0.294 e. The lowest BCUT2D eigenvalue weighted by molar-refractivity contribution is -0.677. The number of aromatic nitrogens is 4. The molecule has 6 rings (SSSR count). The Morgan fingerprint density at radius 3 is 2.75 bits per heavy atom. The number of fused-ring (bicyclic) bond motifs is 2. The molecule has 3 aliphatic rings. The molecule has 36 heavy (non-hydrogen) atoms. The van der Waals surface area contributed by atoms with Gasteiger partial charge in [-0.05, 0) is 65.0 Å². The SMILES string of the molecule is Nc1nc[n+](CCC2CCN(C(=O)C3CC3(F)F)CC2)c2nc(Sc3cc4c(cc3Br)OCO4)[nH]c12. The monoisotopic (exact) mass is 581 g/mol. The van der Waals surface area contributed by atoms with Crippen molar-refractivity contribution in [2.45, 2.75) is 48.2 Å². The van der Waals surface area contributed by atoms with Gasteiger partial charge >= 0.3 is 0 Å². The summed E-state index contributed by atoms with van der Waals surface area (Å²) in [5, 5.41) is 0.668. The largest absolute Gasteiger partial charge is 0.454 e. The summed E-state index contributed by atoms with van der Waals surface area (Å²) in [6.45, 7) is 1.95. The molecule has 1 saturated carbocycles. The summed E-state index contributed by atoms with van der Waals surface area (Å²) < 4.78 is 40.2. The summed E-state index contributed by atoms with van der Waals surface area (Å²) in [5.74, 6) is -2.16. The van der Waals surface area contributed by atoms with Crippen molar-refractivity contribution in [3.05, 3.63) is 22.9 Å². The third kappa shape index (κ3) is 4.47. The Labute approximate surface area is 217 Å². The second-order valence-corrected chi connectivity index (χ2v) is 11.3. The summed E-state index contributed by atoms with van der Waals surface area (Å²) in [5.41, 5.74) is 7.51. The average Bonchev–Trinajstić information content (AvgIpc) is 3.18. The number of amides is 1. The number of halogens is 3. The molecule has 1 unspecified atom stereocenters. The van der Waals surface area contributed by atoms with E-state index < -0.39 is 17.7 Å². The van der Waals surface area contributed by atoms with Crippen molar-refractivity contribution in [1.82, 2.24) is 19.9 Å². The van der Waals surface area contributed by atoms with Gasteiger partial charge in [0.25, 0.3) is 11.6 Å². The second kappa shape index (κ2) is 9.02. The third-order valence-corrected chi connectivity index (χ3v) is 8.85. The zero-order valence-corrected chi connectivity index (χ0v) is 21.6. The summed E-state index contributed by atoms with van der Waals surface area (Å²) in [6.07, 6.45) is 3.86. The fourth-order valence-electron chi connectivity index (χ4n) is 4.74. The van der Waals surface area contributed by atoms with E-state index >= 15 is 0 Å². The number of imidazole rings is 1. The molecule has 1 saturated heterocycles. The van der Waals surface area contributed by atoms with E-state index in [4.69, 9.17) is 20.2 Å². The van der Waals surface area contributed by atoms with E-state index in [0.717, 1.165) is 28.6 Å². The van der Waals surface area contributed by atoms with E-state index in [2.05, 4.69) is 25.9 Å². The van der Waals surface area contributed by atoms with Gasteiger partial charge in [0.2, 0.25) is 30.0 Å². The molecule has 2 aromatic heterocycles. The number of nitrogen functional groups attached to an aromatic ring is 1. The Morgan fingerprint density at radius 1 is 1.31 bits per heavy atom. The van der Waals surface area contributed by atoms with Crippen LogP contribution in [0.2, 0.25) is 0 Å². The van der Waals surface area contributed by atoms with Crippen molar-refractivity contribution in [2.24, 2.45) is 11.8 Å². The van der Waals surface area contributed by atoms with E-state index in [1.54, 1.807) is 11.2 Å². The van der Waals surface area contributed by atoms with Crippen LogP contribution < -0.4 is 19.8 Å². The van der Waals surface area contributed by atoms with Crippen LogP contribution in [0.25, 0.3) is 11.2 Å². The maximum atomic E-state index is 13.3. The first-order chi connectivity index (χ1) is 17.3. The van der Waals surface area contributed by atoms with Gasteiger partial charge in [0.05, 0.1) is 6.54 Å². The number of nitrogens with one attached hydrogen (secondary N) is 1. The number of rotatable bonds is 6. The molecule has 3 aromatic rings. The van der Waals surface area contributed by atoms with Gasteiger partial charge in [-0.25, -0.2) is 13.3 Å². The molecule has 0 spiro atoms. The lowest BCUT2D eigenvalue weighted by atomic mass is 9.93. The van der Waals surface area contributed by atoms with Crippen LogP contribution in [0.3, 0.4) is 0 Å². The van der Waals surface area contributed by atoms with Gasteiger partial charge < -0.3 is 25.1 Å².